The molecule has 11 heteroatoms. The molecule has 31 heavy (non-hydrogen) atoms. The molecule has 3 rings (SSSR count). The van der Waals surface area contributed by atoms with Crippen molar-refractivity contribution in [1.29, 1.82) is 0 Å². The van der Waals surface area contributed by atoms with Crippen molar-refractivity contribution in [3.8, 4) is 0 Å². The zero-order valence-electron chi connectivity index (χ0n) is 15.7. The van der Waals surface area contributed by atoms with Gasteiger partial charge in [-0.05, 0) is 36.4 Å². The molecule has 0 unspecified atom stereocenters. The van der Waals surface area contributed by atoms with Crippen molar-refractivity contribution in [1.82, 2.24) is 15.8 Å². The minimum absolute atomic E-state index is 0.317. The summed E-state index contributed by atoms with van der Waals surface area (Å²) in [5.74, 6) is -2.83. The van der Waals surface area contributed by atoms with Crippen LogP contribution in [-0.4, -0.2) is 39.4 Å². The number of nitrogens with zero attached hydrogens (tertiary/aromatic N) is 1. The van der Waals surface area contributed by atoms with E-state index in [2.05, 4.69) is 20.8 Å². The fourth-order valence-electron chi connectivity index (χ4n) is 2.19. The van der Waals surface area contributed by atoms with E-state index in [1.54, 1.807) is 30.3 Å². The van der Waals surface area contributed by atoms with Crippen LogP contribution in [0.1, 0.15) is 10.5 Å². The maximum Gasteiger partial charge on any atom is 0.328 e. The van der Waals surface area contributed by atoms with Crippen LogP contribution in [0.3, 0.4) is 0 Å². The van der Waals surface area contributed by atoms with E-state index >= 15 is 0 Å². The summed E-state index contributed by atoms with van der Waals surface area (Å²) in [6, 6.07) is 14.2. The van der Waals surface area contributed by atoms with Gasteiger partial charge in [0, 0.05) is 28.1 Å². The van der Waals surface area contributed by atoms with Crippen LogP contribution in [0.25, 0.3) is 10.9 Å². The van der Waals surface area contributed by atoms with Crippen LogP contribution >= 0.6 is 23.2 Å². The van der Waals surface area contributed by atoms with E-state index in [-0.39, 0.29) is 5.91 Å². The molecule has 0 saturated heterocycles. The highest BCUT2D eigenvalue weighted by Crippen LogP contribution is 2.23. The third kappa shape index (κ3) is 7.84. The number of amides is 1. The predicted molar refractivity (Wildman–Crippen MR) is 118 cm³/mol. The number of fused-ring (bicyclic) bond motifs is 1. The smallest absolute Gasteiger partial charge is 0.328 e. The molecule has 0 atom stereocenters. The molecule has 5 N–H and O–H groups in total. The van der Waals surface area contributed by atoms with Gasteiger partial charge in [-0.3, -0.25) is 15.6 Å². The van der Waals surface area contributed by atoms with Gasteiger partial charge in [0.2, 0.25) is 0 Å². The van der Waals surface area contributed by atoms with E-state index in [1.807, 2.05) is 18.2 Å². The Labute approximate surface area is 186 Å². The fourth-order valence-corrected chi connectivity index (χ4v) is 2.56. The van der Waals surface area contributed by atoms with Gasteiger partial charge in [0.25, 0.3) is 5.91 Å². The van der Waals surface area contributed by atoms with E-state index < -0.39 is 11.9 Å². The van der Waals surface area contributed by atoms with Gasteiger partial charge in [-0.15, -0.1) is 0 Å². The Kier molecular flexibility index (Phi) is 8.62. The Bertz CT molecular complexity index is 1140. The maximum absolute atomic E-state index is 12.1. The summed E-state index contributed by atoms with van der Waals surface area (Å²) < 4.78 is 0. The largest absolute Gasteiger partial charge is 0.478 e. The molecule has 2 aromatic carbocycles. The average Bonchev–Trinajstić information content (AvgIpc) is 3.14. The first kappa shape index (κ1) is 23.5. The summed E-state index contributed by atoms with van der Waals surface area (Å²) >= 11 is 11.9. The number of hydrazine groups is 1. The summed E-state index contributed by atoms with van der Waals surface area (Å²) in [5, 5.41) is 17.6. The quantitative estimate of drug-likeness (QED) is 0.163. The first-order valence-corrected chi connectivity index (χ1v) is 9.27. The van der Waals surface area contributed by atoms with Gasteiger partial charge in [-0.1, -0.05) is 35.3 Å². The van der Waals surface area contributed by atoms with Crippen molar-refractivity contribution < 1.29 is 24.6 Å². The molecule has 0 spiro atoms. The number of hydrogen-bond donors (Lipinski definition) is 5. The number of carboxylic acid groups (broad SMARTS) is 2. The average molecular weight is 463 g/mol. The molecule has 0 aliphatic carbocycles. The van der Waals surface area contributed by atoms with Gasteiger partial charge in [-0.25, -0.2) is 14.6 Å². The zero-order valence-corrected chi connectivity index (χ0v) is 17.2. The predicted octanol–water partition coefficient (Wildman–Crippen LogP) is 3.78. The van der Waals surface area contributed by atoms with Crippen LogP contribution in [0, 0.1) is 0 Å². The van der Waals surface area contributed by atoms with Gasteiger partial charge >= 0.3 is 11.9 Å². The molecule has 0 radical (unpaired) electrons. The molecule has 0 saturated carbocycles. The number of aromatic nitrogens is 1. The summed E-state index contributed by atoms with van der Waals surface area (Å²) in [5.41, 5.74) is 7.00. The second kappa shape index (κ2) is 11.4. The number of H-pyrrole nitrogens is 1. The maximum atomic E-state index is 12.1. The number of aliphatic carboxylic acids is 2. The van der Waals surface area contributed by atoms with Crippen molar-refractivity contribution >= 4 is 64.0 Å². The lowest BCUT2D eigenvalue weighted by atomic mass is 10.2. The number of halogens is 2. The Morgan fingerprint density at radius 1 is 0.968 bits per heavy atom. The van der Waals surface area contributed by atoms with Gasteiger partial charge < -0.3 is 15.2 Å². The van der Waals surface area contributed by atoms with Crippen LogP contribution in [0.4, 0.5) is 5.69 Å². The number of aliphatic imine (C=N–C) groups is 1. The second-order valence-corrected chi connectivity index (χ2v) is 6.58. The summed E-state index contributed by atoms with van der Waals surface area (Å²) in [6.45, 7) is 0. The molecule has 3 aromatic rings. The first-order chi connectivity index (χ1) is 14.8. The lowest BCUT2D eigenvalue weighted by molar-refractivity contribution is -0.134. The number of benzene rings is 2. The van der Waals surface area contributed by atoms with Crippen LogP contribution < -0.4 is 10.9 Å². The Morgan fingerprint density at radius 3 is 2.29 bits per heavy atom. The number of rotatable bonds is 6. The van der Waals surface area contributed by atoms with Crippen molar-refractivity contribution in [2.75, 3.05) is 0 Å². The second-order valence-electron chi connectivity index (χ2n) is 5.73. The van der Waals surface area contributed by atoms with Gasteiger partial charge in [0.1, 0.15) is 12.0 Å². The van der Waals surface area contributed by atoms with Gasteiger partial charge in [0.15, 0.2) is 0 Å². The monoisotopic (exact) mass is 462 g/mol. The molecule has 0 aliphatic heterocycles. The third-order valence-corrected chi connectivity index (χ3v) is 4.06. The van der Waals surface area contributed by atoms with Crippen LogP contribution in [0.2, 0.25) is 10.0 Å². The molecule has 0 fully saturated rings. The highest BCUT2D eigenvalue weighted by atomic mass is 35.5. The highest BCUT2D eigenvalue weighted by molar-refractivity contribution is 6.33. The number of hydrogen-bond acceptors (Lipinski definition) is 4. The topological polar surface area (TPSA) is 144 Å². The number of nitrogens with one attached hydrogen (secondary N) is 3. The van der Waals surface area contributed by atoms with Crippen molar-refractivity contribution in [3.05, 3.63) is 76.4 Å². The van der Waals surface area contributed by atoms with Crippen molar-refractivity contribution in [2.45, 2.75) is 0 Å². The molecule has 0 aliphatic rings. The van der Waals surface area contributed by atoms with Crippen LogP contribution in [0.15, 0.2) is 65.7 Å². The fraction of sp³-hybridized carbons (Fsp3) is 0. The molecule has 1 aromatic heterocycles. The summed E-state index contributed by atoms with van der Waals surface area (Å²) in [6.07, 6.45) is 2.48. The van der Waals surface area contributed by atoms with Crippen LogP contribution in [-0.2, 0) is 9.59 Å². The normalized spacial score (nSPS) is 10.6. The number of carbonyl (C=O) groups is 3. The van der Waals surface area contributed by atoms with E-state index in [9.17, 15) is 14.4 Å². The summed E-state index contributed by atoms with van der Waals surface area (Å²) in [4.78, 5) is 38.3. The Hall–Kier alpha value is -3.82. The van der Waals surface area contributed by atoms with Gasteiger partial charge in [0.05, 0.1) is 10.7 Å². The van der Waals surface area contributed by atoms with E-state index in [0.717, 1.165) is 10.9 Å². The first-order valence-electron chi connectivity index (χ1n) is 8.51. The third-order valence-electron chi connectivity index (χ3n) is 3.50. The molecular weight excluding hydrogens is 447 g/mol. The lowest BCUT2D eigenvalue weighted by Crippen LogP contribution is -2.36. The van der Waals surface area contributed by atoms with E-state index in [0.29, 0.717) is 33.6 Å². The molecular formula is C20H16Cl2N4O5. The number of carboxylic acids is 2. The molecule has 1 amide bonds. The van der Waals surface area contributed by atoms with E-state index in [4.69, 9.17) is 33.4 Å². The Balaban J connectivity index is 0.000000366. The van der Waals surface area contributed by atoms with Crippen molar-refractivity contribution in [2.24, 2.45) is 4.99 Å². The molecule has 160 valence electrons. The zero-order chi connectivity index (χ0) is 22.8. The van der Waals surface area contributed by atoms with Gasteiger partial charge in [-0.2, -0.15) is 0 Å². The molecule has 0 bridgehead atoms. The minimum atomic E-state index is -1.26. The van der Waals surface area contributed by atoms with E-state index in [1.165, 1.54) is 6.34 Å². The standard InChI is InChI=1S/C16H12Cl2N4O.C4H4O4/c17-11-5-6-13-10(7-11)8-15(21-13)16(23)22-20-9-19-14-4-2-1-3-12(14)18;5-3(6)1-2-4(7)8/h1-9,21H,(H,19,20)(H,22,23);1-2H,(H,5,6)(H,7,8). The highest BCUT2D eigenvalue weighted by Gasteiger charge is 2.08. The SMILES string of the molecule is O=C(NNC=Nc1ccccc1Cl)c1cc2cc(Cl)ccc2[nH]1.O=C(O)C=CC(=O)O. The number of carbonyl (C=O) groups excluding carboxylic acids is 1. The minimum Gasteiger partial charge on any atom is -0.478 e. The van der Waals surface area contributed by atoms with Crippen LogP contribution in [0.5, 0.6) is 0 Å². The van der Waals surface area contributed by atoms with Crippen molar-refractivity contribution in [3.63, 3.8) is 0 Å². The molecule has 1 heterocycles. The number of aromatic amines is 1. The summed E-state index contributed by atoms with van der Waals surface area (Å²) in [7, 11) is 0. The lowest BCUT2D eigenvalue weighted by Gasteiger charge is -2.02. The number of para-hydroxylation sites is 1. The molecule has 9 nitrogen and oxygen atoms in total. The Morgan fingerprint density at radius 2 is 1.65 bits per heavy atom.